The lowest BCUT2D eigenvalue weighted by Crippen LogP contribution is -2.14. The molecule has 0 aliphatic carbocycles. The van der Waals surface area contributed by atoms with Gasteiger partial charge in [0.25, 0.3) is 0 Å². The van der Waals surface area contributed by atoms with E-state index in [9.17, 15) is 4.79 Å². The Bertz CT molecular complexity index is 146. The second-order valence-corrected chi connectivity index (χ2v) is 2.75. The van der Waals surface area contributed by atoms with E-state index in [1.165, 1.54) is 5.41 Å². The topological polar surface area (TPSA) is 77.8 Å². The first-order chi connectivity index (χ1) is 5.16. The Morgan fingerprint density at radius 3 is 2.73 bits per heavy atom. The van der Waals surface area contributed by atoms with Crippen LogP contribution in [0.2, 0.25) is 0 Å². The molecule has 0 aliphatic rings. The van der Waals surface area contributed by atoms with E-state index in [1.54, 1.807) is 0 Å². The van der Waals surface area contributed by atoms with Gasteiger partial charge in [-0.3, -0.25) is 0 Å². The van der Waals surface area contributed by atoms with Crippen molar-refractivity contribution in [3.8, 4) is 0 Å². The van der Waals surface area contributed by atoms with Crippen molar-refractivity contribution in [3.05, 3.63) is 11.5 Å². The zero-order valence-electron chi connectivity index (χ0n) is 5.80. The highest BCUT2D eigenvalue weighted by Gasteiger charge is 1.98. The van der Waals surface area contributed by atoms with E-state index < -0.39 is 12.1 Å². The number of carboxylic acid groups (broad SMARTS) is 1. The summed E-state index contributed by atoms with van der Waals surface area (Å²) in [5.41, 5.74) is 0. The summed E-state index contributed by atoms with van der Waals surface area (Å²) in [7, 11) is 0. The molecule has 0 fully saturated rings. The zero-order valence-corrected chi connectivity index (χ0v) is 6.62. The van der Waals surface area contributed by atoms with Crippen molar-refractivity contribution < 1.29 is 20.1 Å². The standard InChI is InChI=1S/C6H10O4S/c7-3-5(8)4-11-2-1-6(9)10/h1-2,5,7-8H,3-4H2,(H,9,10). The van der Waals surface area contributed by atoms with Crippen molar-refractivity contribution in [2.75, 3.05) is 12.4 Å². The van der Waals surface area contributed by atoms with Crippen molar-refractivity contribution in [2.45, 2.75) is 6.10 Å². The number of aliphatic carboxylic acids is 1. The van der Waals surface area contributed by atoms with Gasteiger partial charge in [0.15, 0.2) is 0 Å². The van der Waals surface area contributed by atoms with E-state index in [0.29, 0.717) is 5.75 Å². The average Bonchev–Trinajstić information content (AvgIpc) is 1.97. The van der Waals surface area contributed by atoms with Gasteiger partial charge in [0.2, 0.25) is 0 Å². The van der Waals surface area contributed by atoms with Crippen LogP contribution in [-0.2, 0) is 4.79 Å². The van der Waals surface area contributed by atoms with Crippen LogP contribution in [0.5, 0.6) is 0 Å². The molecule has 0 aliphatic heterocycles. The van der Waals surface area contributed by atoms with E-state index in [-0.39, 0.29) is 6.61 Å². The van der Waals surface area contributed by atoms with Crippen LogP contribution >= 0.6 is 11.8 Å². The van der Waals surface area contributed by atoms with Gasteiger partial charge in [0.1, 0.15) is 0 Å². The van der Waals surface area contributed by atoms with E-state index >= 15 is 0 Å². The Morgan fingerprint density at radius 2 is 2.27 bits per heavy atom. The van der Waals surface area contributed by atoms with Crippen LogP contribution in [0.15, 0.2) is 11.5 Å². The maximum Gasteiger partial charge on any atom is 0.328 e. The molecule has 0 amide bonds. The summed E-state index contributed by atoms with van der Waals surface area (Å²) in [6, 6.07) is 0. The highest BCUT2D eigenvalue weighted by atomic mass is 32.2. The largest absolute Gasteiger partial charge is 0.478 e. The van der Waals surface area contributed by atoms with Gasteiger partial charge in [-0.25, -0.2) is 4.79 Å². The number of aliphatic hydroxyl groups excluding tert-OH is 2. The van der Waals surface area contributed by atoms with Crippen LogP contribution in [0.1, 0.15) is 0 Å². The number of rotatable bonds is 5. The molecule has 3 N–H and O–H groups in total. The number of thioether (sulfide) groups is 1. The molecular formula is C6H10O4S. The number of carboxylic acids is 1. The molecule has 64 valence electrons. The number of hydrogen-bond donors (Lipinski definition) is 3. The fourth-order valence-corrected chi connectivity index (χ4v) is 0.977. The van der Waals surface area contributed by atoms with E-state index in [2.05, 4.69) is 0 Å². The van der Waals surface area contributed by atoms with Gasteiger partial charge in [0, 0.05) is 11.8 Å². The Kier molecular flexibility index (Phi) is 5.91. The second-order valence-electron chi connectivity index (χ2n) is 1.81. The molecule has 0 saturated heterocycles. The van der Waals surface area contributed by atoms with Gasteiger partial charge in [-0.1, -0.05) is 0 Å². The number of aliphatic hydroxyl groups is 2. The smallest absolute Gasteiger partial charge is 0.328 e. The fraction of sp³-hybridized carbons (Fsp3) is 0.500. The molecule has 0 aromatic heterocycles. The Balaban J connectivity index is 3.33. The summed E-state index contributed by atoms with van der Waals surface area (Å²) in [5, 5.41) is 26.6. The van der Waals surface area contributed by atoms with Crippen LogP contribution in [0.3, 0.4) is 0 Å². The monoisotopic (exact) mass is 178 g/mol. The van der Waals surface area contributed by atoms with E-state index in [4.69, 9.17) is 15.3 Å². The first-order valence-corrected chi connectivity index (χ1v) is 4.01. The van der Waals surface area contributed by atoms with Gasteiger partial charge < -0.3 is 15.3 Å². The summed E-state index contributed by atoms with van der Waals surface area (Å²) in [4.78, 5) is 9.90. The highest BCUT2D eigenvalue weighted by molar-refractivity contribution is 8.02. The predicted octanol–water partition coefficient (Wildman–Crippen LogP) is -0.329. The van der Waals surface area contributed by atoms with Crippen molar-refractivity contribution in [1.82, 2.24) is 0 Å². The maximum atomic E-state index is 9.90. The molecule has 4 nitrogen and oxygen atoms in total. The third-order valence-corrected chi connectivity index (χ3v) is 1.71. The van der Waals surface area contributed by atoms with Gasteiger partial charge >= 0.3 is 5.97 Å². The number of hydrogen-bond acceptors (Lipinski definition) is 4. The van der Waals surface area contributed by atoms with Crippen LogP contribution in [0.25, 0.3) is 0 Å². The molecule has 0 bridgehead atoms. The summed E-state index contributed by atoms with van der Waals surface area (Å²) in [6.45, 7) is -0.298. The zero-order chi connectivity index (χ0) is 8.69. The van der Waals surface area contributed by atoms with Crippen LogP contribution in [0.4, 0.5) is 0 Å². The highest BCUT2D eigenvalue weighted by Crippen LogP contribution is 2.03. The lowest BCUT2D eigenvalue weighted by atomic mass is 10.4. The van der Waals surface area contributed by atoms with Gasteiger partial charge in [0.05, 0.1) is 12.7 Å². The molecule has 0 aromatic carbocycles. The molecule has 0 rings (SSSR count). The Hall–Kier alpha value is -0.520. The van der Waals surface area contributed by atoms with Crippen molar-refractivity contribution in [3.63, 3.8) is 0 Å². The molecule has 0 spiro atoms. The van der Waals surface area contributed by atoms with Crippen LogP contribution in [-0.4, -0.2) is 39.8 Å². The quantitative estimate of drug-likeness (QED) is 0.502. The lowest BCUT2D eigenvalue weighted by molar-refractivity contribution is -0.131. The lowest BCUT2D eigenvalue weighted by Gasteiger charge is -2.01. The molecule has 5 heteroatoms. The SMILES string of the molecule is O=C(O)C=CSCC(O)CO. The van der Waals surface area contributed by atoms with Crippen LogP contribution < -0.4 is 0 Å². The summed E-state index contributed by atoms with van der Waals surface area (Å²) in [6.07, 6.45) is 0.202. The first kappa shape index (κ1) is 10.5. The third kappa shape index (κ3) is 7.38. The molecule has 0 saturated carbocycles. The van der Waals surface area contributed by atoms with Gasteiger partial charge in [-0.15, -0.1) is 11.8 Å². The van der Waals surface area contributed by atoms with E-state index in [1.807, 2.05) is 0 Å². The first-order valence-electron chi connectivity index (χ1n) is 2.97. The Labute approximate surface area is 68.5 Å². The van der Waals surface area contributed by atoms with Gasteiger partial charge in [-0.05, 0) is 5.41 Å². The molecular weight excluding hydrogens is 168 g/mol. The minimum absolute atomic E-state index is 0.298. The van der Waals surface area contributed by atoms with Gasteiger partial charge in [-0.2, -0.15) is 0 Å². The molecule has 0 radical (unpaired) electrons. The second kappa shape index (κ2) is 6.21. The minimum Gasteiger partial charge on any atom is -0.478 e. The molecule has 0 aromatic rings. The van der Waals surface area contributed by atoms with Crippen molar-refractivity contribution >= 4 is 17.7 Å². The molecule has 0 heterocycles. The minimum atomic E-state index is -1.02. The van der Waals surface area contributed by atoms with E-state index in [0.717, 1.165) is 17.8 Å². The average molecular weight is 178 g/mol. The summed E-state index contributed by atoms with van der Waals surface area (Å²) in [5.74, 6) is -0.712. The molecule has 1 unspecified atom stereocenters. The fourth-order valence-electron chi connectivity index (χ4n) is 0.326. The normalized spacial score (nSPS) is 13.6. The van der Waals surface area contributed by atoms with Crippen molar-refractivity contribution in [1.29, 1.82) is 0 Å². The molecule has 11 heavy (non-hydrogen) atoms. The van der Waals surface area contributed by atoms with Crippen LogP contribution in [0, 0.1) is 0 Å². The molecule has 1 atom stereocenters. The third-order valence-electron chi connectivity index (χ3n) is 0.806. The number of carbonyl (C=O) groups is 1. The Morgan fingerprint density at radius 1 is 1.64 bits per heavy atom. The maximum absolute atomic E-state index is 9.90. The summed E-state index contributed by atoms with van der Waals surface area (Å²) < 4.78 is 0. The summed E-state index contributed by atoms with van der Waals surface area (Å²) >= 11 is 1.14. The predicted molar refractivity (Wildman–Crippen MR) is 42.3 cm³/mol. The van der Waals surface area contributed by atoms with Crippen molar-refractivity contribution in [2.24, 2.45) is 0 Å².